The van der Waals surface area contributed by atoms with Crippen LogP contribution in [0.2, 0.25) is 0 Å². The first-order chi connectivity index (χ1) is 10.8. The van der Waals surface area contributed by atoms with E-state index in [1.807, 2.05) is 17.0 Å². The minimum Gasteiger partial charge on any atom is -0.490 e. The van der Waals surface area contributed by atoms with Gasteiger partial charge in [-0.25, -0.2) is 0 Å². The number of ether oxygens (including phenoxy) is 1. The van der Waals surface area contributed by atoms with Crippen LogP contribution in [0.3, 0.4) is 0 Å². The first kappa shape index (κ1) is 19.5. The number of hydrogen-bond donors (Lipinski definition) is 1. The summed E-state index contributed by atoms with van der Waals surface area (Å²) in [5, 5.41) is 3.40. The lowest BCUT2D eigenvalue weighted by atomic mass is 10.2. The third kappa shape index (κ3) is 7.06. The Hall–Kier alpha value is -1.52. The summed E-state index contributed by atoms with van der Waals surface area (Å²) in [4.78, 5) is 13.9. The number of hydrogen-bond acceptors (Lipinski definition) is 3. The average molecular weight is 339 g/mol. The van der Waals surface area contributed by atoms with Crippen LogP contribution in [0, 0.1) is 0 Å². The maximum absolute atomic E-state index is 11.9. The highest BCUT2D eigenvalue weighted by Crippen LogP contribution is 2.12. The molecule has 4 nitrogen and oxygen atoms in total. The van der Waals surface area contributed by atoms with Gasteiger partial charge in [-0.2, -0.15) is 0 Å². The standard InChI is InChI=1S/C18H26N2O2.ClH/c1-2-14-22-17-9-7-16(8-10-17)15-19-11-13-20-12-5-3-4-6-18(20)21;/h2,7-10,19H,1,3-6,11-15H2;1H. The Labute approximate surface area is 145 Å². The van der Waals surface area contributed by atoms with Crippen molar-refractivity contribution in [1.29, 1.82) is 0 Å². The molecule has 0 saturated carbocycles. The van der Waals surface area contributed by atoms with Crippen LogP contribution in [0.15, 0.2) is 36.9 Å². The number of rotatable bonds is 8. The van der Waals surface area contributed by atoms with Crippen molar-refractivity contribution in [2.45, 2.75) is 32.2 Å². The van der Waals surface area contributed by atoms with Crippen LogP contribution >= 0.6 is 12.4 Å². The molecule has 0 bridgehead atoms. The summed E-state index contributed by atoms with van der Waals surface area (Å²) in [6.45, 7) is 7.52. The molecule has 1 N–H and O–H groups in total. The Bertz CT molecular complexity index is 476. The molecule has 5 heteroatoms. The zero-order valence-corrected chi connectivity index (χ0v) is 14.4. The van der Waals surface area contributed by atoms with Gasteiger partial charge in [0.2, 0.25) is 5.91 Å². The van der Waals surface area contributed by atoms with E-state index < -0.39 is 0 Å². The molecular formula is C18H27ClN2O2. The smallest absolute Gasteiger partial charge is 0.222 e. The molecule has 0 unspecified atom stereocenters. The maximum Gasteiger partial charge on any atom is 0.222 e. The number of carbonyl (C=O) groups excluding carboxylic acids is 1. The first-order valence-electron chi connectivity index (χ1n) is 8.11. The maximum atomic E-state index is 11.9. The second kappa shape index (κ2) is 11.1. The van der Waals surface area contributed by atoms with E-state index >= 15 is 0 Å². The van der Waals surface area contributed by atoms with Gasteiger partial charge in [0.1, 0.15) is 12.4 Å². The number of nitrogens with one attached hydrogen (secondary N) is 1. The fourth-order valence-electron chi connectivity index (χ4n) is 2.58. The van der Waals surface area contributed by atoms with E-state index in [-0.39, 0.29) is 12.4 Å². The lowest BCUT2D eigenvalue weighted by Gasteiger charge is -2.20. The topological polar surface area (TPSA) is 41.6 Å². The summed E-state index contributed by atoms with van der Waals surface area (Å²) in [7, 11) is 0. The van der Waals surface area contributed by atoms with Crippen LogP contribution in [-0.4, -0.2) is 37.0 Å². The molecule has 1 saturated heterocycles. The van der Waals surface area contributed by atoms with Crippen LogP contribution in [0.1, 0.15) is 31.2 Å². The molecule has 128 valence electrons. The number of nitrogens with zero attached hydrogens (tertiary/aromatic N) is 1. The largest absolute Gasteiger partial charge is 0.490 e. The van der Waals surface area contributed by atoms with Crippen LogP contribution in [-0.2, 0) is 11.3 Å². The zero-order valence-electron chi connectivity index (χ0n) is 13.6. The minimum absolute atomic E-state index is 0. The van der Waals surface area contributed by atoms with Crippen LogP contribution in [0.25, 0.3) is 0 Å². The summed E-state index contributed by atoms with van der Waals surface area (Å²) in [5.41, 5.74) is 1.22. The van der Waals surface area contributed by atoms with Crippen molar-refractivity contribution in [1.82, 2.24) is 10.2 Å². The van der Waals surface area contributed by atoms with E-state index in [2.05, 4.69) is 24.0 Å². The normalized spacial score (nSPS) is 14.8. The van der Waals surface area contributed by atoms with E-state index in [9.17, 15) is 4.79 Å². The van der Waals surface area contributed by atoms with Crippen molar-refractivity contribution < 1.29 is 9.53 Å². The number of benzene rings is 1. The fraction of sp³-hybridized carbons (Fsp3) is 0.500. The SMILES string of the molecule is C=CCOc1ccc(CNCCN2CCCCCC2=O)cc1.Cl. The average Bonchev–Trinajstić information content (AvgIpc) is 2.75. The van der Waals surface area contributed by atoms with E-state index in [1.54, 1.807) is 6.08 Å². The van der Waals surface area contributed by atoms with Crippen molar-refractivity contribution >= 4 is 18.3 Å². The molecule has 1 aromatic carbocycles. The van der Waals surface area contributed by atoms with E-state index in [4.69, 9.17) is 4.74 Å². The minimum atomic E-state index is 0. The number of halogens is 1. The van der Waals surface area contributed by atoms with Gasteiger partial charge in [-0.3, -0.25) is 4.79 Å². The summed E-state index contributed by atoms with van der Waals surface area (Å²) in [5.74, 6) is 1.17. The van der Waals surface area contributed by atoms with Crippen molar-refractivity contribution in [3.63, 3.8) is 0 Å². The molecule has 1 aliphatic heterocycles. The van der Waals surface area contributed by atoms with Gasteiger partial charge >= 0.3 is 0 Å². The third-order valence-corrected chi connectivity index (χ3v) is 3.85. The Morgan fingerprint density at radius 2 is 2.00 bits per heavy atom. The number of amides is 1. The van der Waals surface area contributed by atoms with Crippen LogP contribution in [0.4, 0.5) is 0 Å². The second-order valence-electron chi connectivity index (χ2n) is 5.61. The second-order valence-corrected chi connectivity index (χ2v) is 5.61. The Morgan fingerprint density at radius 3 is 2.74 bits per heavy atom. The molecule has 0 atom stereocenters. The molecule has 1 amide bonds. The highest BCUT2D eigenvalue weighted by Gasteiger charge is 2.15. The van der Waals surface area contributed by atoms with Gasteiger partial charge in [-0.1, -0.05) is 31.2 Å². The molecule has 1 aromatic rings. The fourth-order valence-corrected chi connectivity index (χ4v) is 2.58. The van der Waals surface area contributed by atoms with Crippen LogP contribution < -0.4 is 10.1 Å². The van der Waals surface area contributed by atoms with Gasteiger partial charge in [0.15, 0.2) is 0 Å². The number of carbonyl (C=O) groups is 1. The molecule has 1 aliphatic rings. The first-order valence-corrected chi connectivity index (χ1v) is 8.11. The summed E-state index contributed by atoms with van der Waals surface area (Å²) >= 11 is 0. The molecule has 0 radical (unpaired) electrons. The molecule has 23 heavy (non-hydrogen) atoms. The quantitative estimate of drug-likeness (QED) is 0.584. The lowest BCUT2D eigenvalue weighted by Crippen LogP contribution is -2.36. The van der Waals surface area contributed by atoms with E-state index in [1.165, 1.54) is 12.0 Å². The van der Waals surface area contributed by atoms with Crippen molar-refractivity contribution in [3.8, 4) is 5.75 Å². The van der Waals surface area contributed by atoms with Gasteiger partial charge < -0.3 is 15.0 Å². The number of likely N-dealkylation sites (tertiary alicyclic amines) is 1. The van der Waals surface area contributed by atoms with Gasteiger partial charge in [-0.05, 0) is 30.5 Å². The third-order valence-electron chi connectivity index (χ3n) is 3.85. The van der Waals surface area contributed by atoms with Crippen LogP contribution in [0.5, 0.6) is 5.75 Å². The molecule has 0 aliphatic carbocycles. The predicted octanol–water partition coefficient (Wildman–Crippen LogP) is 3.17. The van der Waals surface area contributed by atoms with Crippen molar-refractivity contribution in [2.75, 3.05) is 26.2 Å². The van der Waals surface area contributed by atoms with Gasteiger partial charge in [0.25, 0.3) is 0 Å². The molecule has 1 fully saturated rings. The Morgan fingerprint density at radius 1 is 1.22 bits per heavy atom. The van der Waals surface area contributed by atoms with Crippen molar-refractivity contribution in [2.24, 2.45) is 0 Å². The highest BCUT2D eigenvalue weighted by atomic mass is 35.5. The van der Waals surface area contributed by atoms with E-state index in [0.29, 0.717) is 18.9 Å². The lowest BCUT2D eigenvalue weighted by molar-refractivity contribution is -0.130. The van der Waals surface area contributed by atoms with E-state index in [0.717, 1.165) is 44.8 Å². The monoisotopic (exact) mass is 338 g/mol. The summed E-state index contributed by atoms with van der Waals surface area (Å²) < 4.78 is 5.46. The van der Waals surface area contributed by atoms with Crippen molar-refractivity contribution in [3.05, 3.63) is 42.5 Å². The molecule has 1 heterocycles. The summed E-state index contributed by atoms with van der Waals surface area (Å²) in [6.07, 6.45) is 5.81. The molecular weight excluding hydrogens is 312 g/mol. The van der Waals surface area contributed by atoms with Gasteiger partial charge in [0, 0.05) is 32.6 Å². The predicted molar refractivity (Wildman–Crippen MR) is 96.1 cm³/mol. The van der Waals surface area contributed by atoms with Gasteiger partial charge in [-0.15, -0.1) is 12.4 Å². The Kier molecular flexibility index (Phi) is 9.41. The molecule has 0 spiro atoms. The summed E-state index contributed by atoms with van der Waals surface area (Å²) in [6, 6.07) is 8.06. The zero-order chi connectivity index (χ0) is 15.6. The molecule has 0 aromatic heterocycles. The Balaban J connectivity index is 0.00000264. The van der Waals surface area contributed by atoms with Gasteiger partial charge in [0.05, 0.1) is 0 Å². The highest BCUT2D eigenvalue weighted by molar-refractivity contribution is 5.85. The molecule has 2 rings (SSSR count).